The molecule has 2 amide bonds. The van der Waals surface area contributed by atoms with Gasteiger partial charge in [0.1, 0.15) is 11.8 Å². The zero-order valence-corrected chi connectivity index (χ0v) is 15.8. The largest absolute Gasteiger partial charge is 0.497 e. The molecule has 0 saturated heterocycles. The van der Waals surface area contributed by atoms with Gasteiger partial charge >= 0.3 is 0 Å². The van der Waals surface area contributed by atoms with Crippen molar-refractivity contribution in [1.29, 1.82) is 0 Å². The second-order valence-electron chi connectivity index (χ2n) is 5.54. The minimum absolute atomic E-state index is 0.151. The molecule has 0 fully saturated rings. The number of amides is 2. The van der Waals surface area contributed by atoms with Crippen LogP contribution >= 0.6 is 15.9 Å². The van der Waals surface area contributed by atoms with E-state index in [1.54, 1.807) is 31.2 Å². The van der Waals surface area contributed by atoms with Gasteiger partial charge in [0.25, 0.3) is 0 Å². The highest BCUT2D eigenvalue weighted by atomic mass is 79.9. The molecule has 0 heterocycles. The van der Waals surface area contributed by atoms with E-state index in [1.807, 2.05) is 42.5 Å². The maximum Gasteiger partial charge on any atom is 0.249 e. The molecule has 0 unspecified atom stereocenters. The van der Waals surface area contributed by atoms with Crippen molar-refractivity contribution < 1.29 is 14.3 Å². The van der Waals surface area contributed by atoms with E-state index in [4.69, 9.17) is 4.74 Å². The highest BCUT2D eigenvalue weighted by Crippen LogP contribution is 2.19. The number of rotatable bonds is 7. The lowest BCUT2D eigenvalue weighted by molar-refractivity contribution is -0.126. The molecule has 5 nitrogen and oxygen atoms in total. The quantitative estimate of drug-likeness (QED) is 0.721. The van der Waals surface area contributed by atoms with Crippen molar-refractivity contribution in [2.75, 3.05) is 24.4 Å². The Balaban J connectivity index is 2.18. The van der Waals surface area contributed by atoms with E-state index < -0.39 is 6.04 Å². The summed E-state index contributed by atoms with van der Waals surface area (Å²) >= 11 is 3.12. The molecule has 0 aromatic heterocycles. The molecule has 2 rings (SSSR count). The Kier molecular flexibility index (Phi) is 7.01. The highest BCUT2D eigenvalue weighted by molar-refractivity contribution is 9.09. The zero-order chi connectivity index (χ0) is 18.2. The van der Waals surface area contributed by atoms with Crippen LogP contribution in [-0.2, 0) is 16.0 Å². The Morgan fingerprint density at radius 1 is 1.12 bits per heavy atom. The molecule has 0 saturated carbocycles. The van der Waals surface area contributed by atoms with E-state index in [-0.39, 0.29) is 17.1 Å². The van der Waals surface area contributed by atoms with Gasteiger partial charge in [-0.2, -0.15) is 0 Å². The summed E-state index contributed by atoms with van der Waals surface area (Å²) in [5, 5.41) is 2.94. The number of likely N-dealkylation sites (N-methyl/N-ethyl adjacent to an activating group) is 1. The molecule has 1 atom stereocenters. The molecule has 0 radical (unpaired) electrons. The molecule has 1 N–H and O–H groups in total. The van der Waals surface area contributed by atoms with Gasteiger partial charge in [0.2, 0.25) is 11.8 Å². The second kappa shape index (κ2) is 9.22. The highest BCUT2D eigenvalue weighted by Gasteiger charge is 2.25. The maximum absolute atomic E-state index is 12.9. The van der Waals surface area contributed by atoms with Gasteiger partial charge in [0.05, 0.1) is 12.4 Å². The number of hydrogen-bond donors (Lipinski definition) is 1. The van der Waals surface area contributed by atoms with Gasteiger partial charge in [0.15, 0.2) is 0 Å². The molecular formula is C19H21BrN2O3. The first-order chi connectivity index (χ1) is 12.0. The van der Waals surface area contributed by atoms with Crippen molar-refractivity contribution in [2.45, 2.75) is 12.5 Å². The fraction of sp³-hybridized carbons (Fsp3) is 0.263. The van der Waals surface area contributed by atoms with E-state index in [9.17, 15) is 9.59 Å². The normalized spacial score (nSPS) is 11.5. The lowest BCUT2D eigenvalue weighted by Gasteiger charge is -2.25. The Morgan fingerprint density at radius 3 is 2.32 bits per heavy atom. The number of halogens is 1. The van der Waals surface area contributed by atoms with Gasteiger partial charge in [-0.05, 0) is 29.8 Å². The molecular weight excluding hydrogens is 384 g/mol. The summed E-state index contributed by atoms with van der Waals surface area (Å²) in [6, 6.07) is 16.2. The van der Waals surface area contributed by atoms with Gasteiger partial charge in [-0.15, -0.1) is 0 Å². The summed E-state index contributed by atoms with van der Waals surface area (Å²) < 4.78 is 5.14. The minimum Gasteiger partial charge on any atom is -0.497 e. The van der Waals surface area contributed by atoms with E-state index in [0.717, 1.165) is 17.0 Å². The monoisotopic (exact) mass is 404 g/mol. The third-order valence-corrected chi connectivity index (χ3v) is 4.34. The van der Waals surface area contributed by atoms with Crippen LogP contribution in [0.3, 0.4) is 0 Å². The average molecular weight is 405 g/mol. The van der Waals surface area contributed by atoms with Crippen molar-refractivity contribution in [3.8, 4) is 5.75 Å². The summed E-state index contributed by atoms with van der Waals surface area (Å²) in [5.41, 5.74) is 1.72. The zero-order valence-electron chi connectivity index (χ0n) is 14.2. The van der Waals surface area contributed by atoms with Crippen molar-refractivity contribution >= 4 is 33.4 Å². The van der Waals surface area contributed by atoms with Crippen LogP contribution in [0.5, 0.6) is 5.75 Å². The summed E-state index contributed by atoms with van der Waals surface area (Å²) in [4.78, 5) is 26.3. The number of anilines is 1. The van der Waals surface area contributed by atoms with Gasteiger partial charge < -0.3 is 15.0 Å². The predicted octanol–water partition coefficient (Wildman–Crippen LogP) is 2.78. The van der Waals surface area contributed by atoms with E-state index >= 15 is 0 Å². The minimum atomic E-state index is -0.639. The summed E-state index contributed by atoms with van der Waals surface area (Å²) in [6.07, 6.45) is 0.429. The molecule has 2 aromatic carbocycles. The third-order valence-electron chi connectivity index (χ3n) is 3.83. The number of nitrogens with one attached hydrogen (secondary N) is 1. The second-order valence-corrected chi connectivity index (χ2v) is 6.10. The van der Waals surface area contributed by atoms with Gasteiger partial charge in [-0.25, -0.2) is 0 Å². The number of nitrogens with zero attached hydrogens (tertiary/aromatic N) is 1. The number of hydrogen-bond acceptors (Lipinski definition) is 3. The fourth-order valence-corrected chi connectivity index (χ4v) is 2.61. The number of carbonyl (C=O) groups excluding carboxylic acids is 2. The summed E-state index contributed by atoms with van der Waals surface area (Å²) in [7, 11) is 3.29. The van der Waals surface area contributed by atoms with Crippen LogP contribution in [0.2, 0.25) is 0 Å². The smallest absolute Gasteiger partial charge is 0.249 e. The molecule has 132 valence electrons. The summed E-state index contributed by atoms with van der Waals surface area (Å²) in [5.74, 6) is 0.318. The van der Waals surface area contributed by atoms with Crippen molar-refractivity contribution in [3.05, 3.63) is 60.2 Å². The van der Waals surface area contributed by atoms with Crippen LogP contribution < -0.4 is 15.0 Å². The molecule has 0 spiro atoms. The van der Waals surface area contributed by atoms with E-state index in [1.165, 1.54) is 0 Å². The Morgan fingerprint density at radius 2 is 1.76 bits per heavy atom. The van der Waals surface area contributed by atoms with Crippen LogP contribution in [0.15, 0.2) is 54.6 Å². The Bertz CT molecular complexity index is 704. The van der Waals surface area contributed by atoms with Gasteiger partial charge in [-0.3, -0.25) is 9.59 Å². The molecule has 0 aliphatic heterocycles. The van der Waals surface area contributed by atoms with Crippen LogP contribution in [0.4, 0.5) is 5.69 Å². The number of methoxy groups -OCH3 is 1. The molecule has 25 heavy (non-hydrogen) atoms. The first-order valence-corrected chi connectivity index (χ1v) is 8.98. The Labute approximate surface area is 156 Å². The number of benzene rings is 2. The number of alkyl halides is 1. The van der Waals surface area contributed by atoms with Crippen molar-refractivity contribution in [1.82, 2.24) is 5.32 Å². The third kappa shape index (κ3) is 5.32. The van der Waals surface area contributed by atoms with Gasteiger partial charge in [-0.1, -0.05) is 46.3 Å². The standard InChI is InChI=1S/C19H21BrN2O3/c1-22(15-8-10-16(25-2)11-9-15)19(24)17(21-18(23)13-20)12-14-6-4-3-5-7-14/h3-11,17H,12-13H2,1-2H3,(H,21,23)/t17-/m0/s1. The predicted molar refractivity (Wildman–Crippen MR) is 102 cm³/mol. The number of ether oxygens (including phenoxy) is 1. The lowest BCUT2D eigenvalue weighted by Crippen LogP contribution is -2.49. The summed E-state index contributed by atoms with van der Waals surface area (Å²) in [6.45, 7) is 0. The molecule has 0 bridgehead atoms. The van der Waals surface area contributed by atoms with Crippen LogP contribution in [0.25, 0.3) is 0 Å². The number of carbonyl (C=O) groups is 2. The molecule has 6 heteroatoms. The topological polar surface area (TPSA) is 58.6 Å². The van der Waals surface area contributed by atoms with E-state index in [2.05, 4.69) is 21.2 Å². The first-order valence-electron chi connectivity index (χ1n) is 7.86. The Hall–Kier alpha value is -2.34. The van der Waals surface area contributed by atoms with Crippen LogP contribution in [0.1, 0.15) is 5.56 Å². The molecule has 0 aliphatic rings. The average Bonchev–Trinajstić information content (AvgIpc) is 2.67. The van der Waals surface area contributed by atoms with Crippen molar-refractivity contribution in [2.24, 2.45) is 0 Å². The lowest BCUT2D eigenvalue weighted by atomic mass is 10.0. The molecule has 0 aliphatic carbocycles. The van der Waals surface area contributed by atoms with Gasteiger partial charge in [0, 0.05) is 19.2 Å². The fourth-order valence-electron chi connectivity index (χ4n) is 2.45. The first kappa shape index (κ1) is 19.0. The maximum atomic E-state index is 12.9. The van der Waals surface area contributed by atoms with E-state index in [0.29, 0.717) is 6.42 Å². The van der Waals surface area contributed by atoms with Crippen molar-refractivity contribution in [3.63, 3.8) is 0 Å². The SMILES string of the molecule is COc1ccc(N(C)C(=O)[C@H](Cc2ccccc2)NC(=O)CBr)cc1. The van der Waals surface area contributed by atoms with Crippen LogP contribution in [-0.4, -0.2) is 37.3 Å². The molecule has 2 aromatic rings. The van der Waals surface area contributed by atoms with Crippen LogP contribution in [0, 0.1) is 0 Å².